The van der Waals surface area contributed by atoms with E-state index in [1.165, 1.54) is 0 Å². The molecule has 1 aromatic heterocycles. The van der Waals surface area contributed by atoms with Crippen molar-refractivity contribution in [1.82, 2.24) is 14.5 Å². The number of hydrogen-bond donors (Lipinski definition) is 1. The van der Waals surface area contributed by atoms with Crippen molar-refractivity contribution in [3.63, 3.8) is 0 Å². The molecule has 0 saturated heterocycles. The number of rotatable bonds is 6. The zero-order valence-electron chi connectivity index (χ0n) is 12.0. The van der Waals surface area contributed by atoms with Crippen molar-refractivity contribution in [2.24, 2.45) is 0 Å². The van der Waals surface area contributed by atoms with Crippen LogP contribution in [0.2, 0.25) is 5.02 Å². The minimum atomic E-state index is -3.47. The van der Waals surface area contributed by atoms with Gasteiger partial charge in [0.1, 0.15) is 0 Å². The van der Waals surface area contributed by atoms with E-state index in [1.807, 2.05) is 19.1 Å². The van der Waals surface area contributed by atoms with Gasteiger partial charge in [-0.25, -0.2) is 13.1 Å². The fourth-order valence-corrected chi connectivity index (χ4v) is 3.54. The SMILES string of the molecule is Cc1ccc(C)c(S(=O)(=O)NCCCn2cc(Cl)cn2)c1. The molecule has 1 heterocycles. The van der Waals surface area contributed by atoms with E-state index in [0.717, 1.165) is 11.1 Å². The van der Waals surface area contributed by atoms with Crippen LogP contribution in [0.4, 0.5) is 0 Å². The summed E-state index contributed by atoms with van der Waals surface area (Å²) >= 11 is 5.76. The first-order valence-electron chi connectivity index (χ1n) is 6.63. The Balaban J connectivity index is 1.94. The molecular weight excluding hydrogens is 310 g/mol. The molecule has 21 heavy (non-hydrogen) atoms. The summed E-state index contributed by atoms with van der Waals surface area (Å²) in [7, 11) is -3.47. The Bertz CT molecular complexity index is 726. The molecule has 7 heteroatoms. The van der Waals surface area contributed by atoms with Gasteiger partial charge in [0.2, 0.25) is 10.0 Å². The van der Waals surface area contributed by atoms with Gasteiger partial charge >= 0.3 is 0 Å². The topological polar surface area (TPSA) is 64.0 Å². The Morgan fingerprint density at radius 2 is 2.10 bits per heavy atom. The predicted octanol–water partition coefficient (Wildman–Crippen LogP) is 2.52. The number of benzene rings is 1. The van der Waals surface area contributed by atoms with E-state index in [1.54, 1.807) is 30.1 Å². The molecule has 0 aliphatic rings. The van der Waals surface area contributed by atoms with Crippen LogP contribution in [0.25, 0.3) is 0 Å². The van der Waals surface area contributed by atoms with E-state index in [2.05, 4.69) is 9.82 Å². The Morgan fingerprint density at radius 1 is 1.33 bits per heavy atom. The molecule has 0 atom stereocenters. The first kappa shape index (κ1) is 16.0. The van der Waals surface area contributed by atoms with Crippen LogP contribution >= 0.6 is 11.6 Å². The average Bonchev–Trinajstić information content (AvgIpc) is 2.83. The summed E-state index contributed by atoms with van der Waals surface area (Å²) in [6.07, 6.45) is 3.91. The van der Waals surface area contributed by atoms with Crippen LogP contribution in [0.1, 0.15) is 17.5 Å². The van der Waals surface area contributed by atoms with Crippen molar-refractivity contribution < 1.29 is 8.42 Å². The van der Waals surface area contributed by atoms with Gasteiger partial charge in [-0.05, 0) is 37.5 Å². The molecule has 0 aliphatic heterocycles. The number of nitrogens with zero attached hydrogens (tertiary/aromatic N) is 2. The van der Waals surface area contributed by atoms with Gasteiger partial charge in [-0.1, -0.05) is 23.7 Å². The number of aromatic nitrogens is 2. The Labute approximate surface area is 130 Å². The quantitative estimate of drug-likeness (QED) is 0.829. The van der Waals surface area contributed by atoms with E-state index >= 15 is 0 Å². The summed E-state index contributed by atoms with van der Waals surface area (Å²) in [5.41, 5.74) is 1.67. The highest BCUT2D eigenvalue weighted by atomic mass is 35.5. The number of aryl methyl sites for hydroxylation is 3. The van der Waals surface area contributed by atoms with Gasteiger partial charge in [0.15, 0.2) is 0 Å². The van der Waals surface area contributed by atoms with Crippen molar-refractivity contribution in [2.75, 3.05) is 6.54 Å². The fraction of sp³-hybridized carbons (Fsp3) is 0.357. The number of nitrogens with one attached hydrogen (secondary N) is 1. The summed E-state index contributed by atoms with van der Waals surface area (Å²) in [6, 6.07) is 5.40. The van der Waals surface area contributed by atoms with Gasteiger partial charge < -0.3 is 0 Å². The van der Waals surface area contributed by atoms with E-state index in [4.69, 9.17) is 11.6 Å². The highest BCUT2D eigenvalue weighted by molar-refractivity contribution is 7.89. The molecule has 5 nitrogen and oxygen atoms in total. The van der Waals surface area contributed by atoms with Crippen LogP contribution in [-0.2, 0) is 16.6 Å². The van der Waals surface area contributed by atoms with Gasteiger partial charge in [0.25, 0.3) is 0 Å². The lowest BCUT2D eigenvalue weighted by Crippen LogP contribution is -2.26. The molecule has 114 valence electrons. The number of sulfonamides is 1. The maximum absolute atomic E-state index is 12.3. The second-order valence-corrected chi connectivity index (χ2v) is 7.11. The van der Waals surface area contributed by atoms with Crippen LogP contribution in [0.15, 0.2) is 35.5 Å². The summed E-state index contributed by atoms with van der Waals surface area (Å²) in [6.45, 7) is 4.63. The zero-order valence-corrected chi connectivity index (χ0v) is 13.6. The molecule has 2 aromatic rings. The smallest absolute Gasteiger partial charge is 0.240 e. The van der Waals surface area contributed by atoms with E-state index in [-0.39, 0.29) is 0 Å². The maximum atomic E-state index is 12.3. The first-order valence-corrected chi connectivity index (χ1v) is 8.49. The van der Waals surface area contributed by atoms with Gasteiger partial charge in [0.05, 0.1) is 16.1 Å². The third-order valence-electron chi connectivity index (χ3n) is 3.09. The van der Waals surface area contributed by atoms with E-state index in [0.29, 0.717) is 29.4 Å². The van der Waals surface area contributed by atoms with E-state index in [9.17, 15) is 8.42 Å². The molecule has 1 aromatic carbocycles. The molecule has 0 radical (unpaired) electrons. The van der Waals surface area contributed by atoms with E-state index < -0.39 is 10.0 Å². The minimum Gasteiger partial charge on any atom is -0.271 e. The monoisotopic (exact) mass is 327 g/mol. The van der Waals surface area contributed by atoms with Crippen molar-refractivity contribution in [3.8, 4) is 0 Å². The third-order valence-corrected chi connectivity index (χ3v) is 4.89. The summed E-state index contributed by atoms with van der Waals surface area (Å²) in [5, 5.41) is 4.62. The largest absolute Gasteiger partial charge is 0.271 e. The summed E-state index contributed by atoms with van der Waals surface area (Å²) in [4.78, 5) is 0.338. The lowest BCUT2D eigenvalue weighted by Gasteiger charge is -2.10. The van der Waals surface area contributed by atoms with Crippen molar-refractivity contribution in [1.29, 1.82) is 0 Å². The number of halogens is 1. The maximum Gasteiger partial charge on any atom is 0.240 e. The summed E-state index contributed by atoms with van der Waals surface area (Å²) in [5.74, 6) is 0. The van der Waals surface area contributed by atoms with Crippen LogP contribution < -0.4 is 4.72 Å². The van der Waals surface area contributed by atoms with Gasteiger partial charge in [-0.2, -0.15) is 5.10 Å². The second kappa shape index (κ2) is 6.60. The molecule has 0 unspecified atom stereocenters. The molecular formula is C14H18ClN3O2S. The molecule has 2 rings (SSSR count). The lowest BCUT2D eigenvalue weighted by atomic mass is 10.2. The van der Waals surface area contributed by atoms with Crippen molar-refractivity contribution in [3.05, 3.63) is 46.7 Å². The molecule has 0 fully saturated rings. The predicted molar refractivity (Wildman–Crippen MR) is 83.0 cm³/mol. The van der Waals surface area contributed by atoms with Crippen LogP contribution in [0.3, 0.4) is 0 Å². The van der Waals surface area contributed by atoms with Gasteiger partial charge in [-0.3, -0.25) is 4.68 Å². The minimum absolute atomic E-state index is 0.338. The normalized spacial score (nSPS) is 11.8. The van der Waals surface area contributed by atoms with Crippen LogP contribution in [-0.4, -0.2) is 24.7 Å². The average molecular weight is 328 g/mol. The molecule has 0 aliphatic carbocycles. The van der Waals surface area contributed by atoms with Crippen molar-refractivity contribution >= 4 is 21.6 Å². The molecule has 0 saturated carbocycles. The standard InChI is InChI=1S/C14H18ClN3O2S/c1-11-4-5-12(2)14(8-11)21(19,20)17-6-3-7-18-10-13(15)9-16-18/h4-5,8-10,17H,3,6-7H2,1-2H3. The van der Waals surface area contributed by atoms with Gasteiger partial charge in [0, 0.05) is 19.3 Å². The Morgan fingerprint density at radius 3 is 2.76 bits per heavy atom. The third kappa shape index (κ3) is 4.30. The molecule has 1 N–H and O–H groups in total. The van der Waals surface area contributed by atoms with Crippen molar-refractivity contribution in [2.45, 2.75) is 31.7 Å². The summed E-state index contributed by atoms with van der Waals surface area (Å²) < 4.78 is 28.8. The second-order valence-electron chi connectivity index (χ2n) is 4.94. The molecule has 0 bridgehead atoms. The molecule has 0 amide bonds. The fourth-order valence-electron chi connectivity index (χ4n) is 1.98. The van der Waals surface area contributed by atoms with Crippen LogP contribution in [0.5, 0.6) is 0 Å². The Hall–Kier alpha value is -1.37. The van der Waals surface area contributed by atoms with Crippen LogP contribution in [0, 0.1) is 13.8 Å². The Kier molecular flexibility index (Phi) is 5.03. The first-order chi connectivity index (χ1) is 9.88. The lowest BCUT2D eigenvalue weighted by molar-refractivity contribution is 0.552. The highest BCUT2D eigenvalue weighted by Gasteiger charge is 2.16. The molecule has 0 spiro atoms. The van der Waals surface area contributed by atoms with Gasteiger partial charge in [-0.15, -0.1) is 0 Å². The zero-order chi connectivity index (χ0) is 15.5. The highest BCUT2D eigenvalue weighted by Crippen LogP contribution is 2.16. The number of hydrogen-bond acceptors (Lipinski definition) is 3.